The standard InChI is InChI=1S/C10H17F3N2O2/c11-10(12,13)7-17-5-3-9(16)15-4-1-2-8(15)6-14/h8H,1-7,14H2. The maximum absolute atomic E-state index is 11.8. The van der Waals surface area contributed by atoms with E-state index in [-0.39, 0.29) is 25.0 Å². The van der Waals surface area contributed by atoms with Gasteiger partial charge in [-0.3, -0.25) is 4.79 Å². The highest BCUT2D eigenvalue weighted by Crippen LogP contribution is 2.18. The van der Waals surface area contributed by atoms with Gasteiger partial charge in [0.15, 0.2) is 0 Å². The first-order valence-corrected chi connectivity index (χ1v) is 5.58. The highest BCUT2D eigenvalue weighted by Gasteiger charge is 2.29. The van der Waals surface area contributed by atoms with Crippen LogP contribution in [0.15, 0.2) is 0 Å². The van der Waals surface area contributed by atoms with Gasteiger partial charge in [-0.1, -0.05) is 0 Å². The van der Waals surface area contributed by atoms with Gasteiger partial charge in [-0.25, -0.2) is 0 Å². The van der Waals surface area contributed by atoms with Crippen LogP contribution < -0.4 is 5.73 Å². The molecule has 1 atom stereocenters. The van der Waals surface area contributed by atoms with E-state index in [1.165, 1.54) is 0 Å². The monoisotopic (exact) mass is 254 g/mol. The average Bonchev–Trinajstić information content (AvgIpc) is 2.70. The van der Waals surface area contributed by atoms with E-state index in [1.807, 2.05) is 0 Å². The van der Waals surface area contributed by atoms with Gasteiger partial charge in [0.05, 0.1) is 13.0 Å². The molecule has 0 spiro atoms. The molecule has 1 unspecified atom stereocenters. The largest absolute Gasteiger partial charge is 0.411 e. The number of hydrogen-bond acceptors (Lipinski definition) is 3. The number of nitrogens with zero attached hydrogens (tertiary/aromatic N) is 1. The van der Waals surface area contributed by atoms with Crippen LogP contribution in [0, 0.1) is 0 Å². The van der Waals surface area contributed by atoms with E-state index >= 15 is 0 Å². The summed E-state index contributed by atoms with van der Waals surface area (Å²) in [6, 6.07) is 0.0325. The van der Waals surface area contributed by atoms with Crippen molar-refractivity contribution >= 4 is 5.91 Å². The third-order valence-electron chi connectivity index (χ3n) is 2.70. The van der Waals surface area contributed by atoms with Gasteiger partial charge in [0.2, 0.25) is 5.91 Å². The summed E-state index contributed by atoms with van der Waals surface area (Å²) in [5, 5.41) is 0. The SMILES string of the molecule is NCC1CCCN1C(=O)CCOCC(F)(F)F. The zero-order valence-corrected chi connectivity index (χ0v) is 9.50. The summed E-state index contributed by atoms with van der Waals surface area (Å²) in [5.74, 6) is -0.180. The van der Waals surface area contributed by atoms with Gasteiger partial charge in [0.1, 0.15) is 6.61 Å². The van der Waals surface area contributed by atoms with Crippen molar-refractivity contribution in [2.75, 3.05) is 26.3 Å². The zero-order chi connectivity index (χ0) is 12.9. The van der Waals surface area contributed by atoms with Crippen molar-refractivity contribution in [1.82, 2.24) is 4.90 Å². The smallest absolute Gasteiger partial charge is 0.372 e. The normalized spacial score (nSPS) is 20.9. The summed E-state index contributed by atoms with van der Waals surface area (Å²) >= 11 is 0. The maximum atomic E-state index is 11.8. The molecule has 17 heavy (non-hydrogen) atoms. The van der Waals surface area contributed by atoms with Crippen molar-refractivity contribution < 1.29 is 22.7 Å². The second kappa shape index (κ2) is 6.20. The van der Waals surface area contributed by atoms with Gasteiger partial charge in [-0.2, -0.15) is 13.2 Å². The molecule has 0 aliphatic carbocycles. The minimum atomic E-state index is -4.34. The molecule has 1 rings (SSSR count). The van der Waals surface area contributed by atoms with Crippen LogP contribution in [0.5, 0.6) is 0 Å². The fourth-order valence-electron chi connectivity index (χ4n) is 1.90. The van der Waals surface area contributed by atoms with Gasteiger partial charge in [-0.15, -0.1) is 0 Å². The summed E-state index contributed by atoms with van der Waals surface area (Å²) in [6.07, 6.45) is -2.59. The van der Waals surface area contributed by atoms with Gasteiger partial charge in [-0.05, 0) is 12.8 Å². The molecule has 100 valence electrons. The molecule has 1 amide bonds. The molecule has 0 aromatic heterocycles. The van der Waals surface area contributed by atoms with Crippen LogP contribution in [0.1, 0.15) is 19.3 Å². The maximum Gasteiger partial charge on any atom is 0.411 e. The van der Waals surface area contributed by atoms with Gasteiger partial charge in [0, 0.05) is 19.1 Å². The van der Waals surface area contributed by atoms with Crippen molar-refractivity contribution in [3.63, 3.8) is 0 Å². The Morgan fingerprint density at radius 3 is 2.76 bits per heavy atom. The molecule has 4 nitrogen and oxygen atoms in total. The summed E-state index contributed by atoms with van der Waals surface area (Å²) in [6.45, 7) is -0.470. The number of alkyl halides is 3. The van der Waals surface area contributed by atoms with E-state index in [1.54, 1.807) is 4.90 Å². The number of halogens is 3. The van der Waals surface area contributed by atoms with Crippen LogP contribution in [-0.2, 0) is 9.53 Å². The lowest BCUT2D eigenvalue weighted by Gasteiger charge is -2.23. The molecule has 7 heteroatoms. The number of rotatable bonds is 5. The molecule has 1 heterocycles. The number of ether oxygens (including phenoxy) is 1. The zero-order valence-electron chi connectivity index (χ0n) is 9.50. The quantitative estimate of drug-likeness (QED) is 0.742. The minimum absolute atomic E-state index is 0.0212. The number of nitrogens with two attached hydrogens (primary N) is 1. The van der Waals surface area contributed by atoms with Crippen LogP contribution >= 0.6 is 0 Å². The summed E-state index contributed by atoms with van der Waals surface area (Å²) in [5.41, 5.74) is 5.50. The first-order chi connectivity index (χ1) is 7.94. The van der Waals surface area contributed by atoms with E-state index < -0.39 is 12.8 Å². The predicted molar refractivity (Wildman–Crippen MR) is 55.3 cm³/mol. The summed E-state index contributed by atoms with van der Waals surface area (Å²) < 4.78 is 39.7. The van der Waals surface area contributed by atoms with E-state index in [0.717, 1.165) is 12.8 Å². The first-order valence-electron chi connectivity index (χ1n) is 5.58. The Kier molecular flexibility index (Phi) is 5.20. The Labute approximate surface area is 97.9 Å². The van der Waals surface area contributed by atoms with E-state index in [9.17, 15) is 18.0 Å². The Hall–Kier alpha value is -0.820. The van der Waals surface area contributed by atoms with E-state index in [2.05, 4.69) is 4.74 Å². The van der Waals surface area contributed by atoms with Crippen molar-refractivity contribution in [2.24, 2.45) is 5.73 Å². The topological polar surface area (TPSA) is 55.6 Å². The van der Waals surface area contributed by atoms with Crippen LogP contribution in [0.3, 0.4) is 0 Å². The van der Waals surface area contributed by atoms with Crippen LogP contribution in [-0.4, -0.2) is 49.3 Å². The van der Waals surface area contributed by atoms with Gasteiger partial charge < -0.3 is 15.4 Å². The molecule has 1 fully saturated rings. The number of carbonyl (C=O) groups is 1. The van der Waals surface area contributed by atoms with E-state index in [0.29, 0.717) is 13.1 Å². The lowest BCUT2D eigenvalue weighted by molar-refractivity contribution is -0.175. The molecule has 0 aromatic rings. The number of likely N-dealkylation sites (tertiary alicyclic amines) is 1. The summed E-state index contributed by atoms with van der Waals surface area (Å²) in [7, 11) is 0. The molecular weight excluding hydrogens is 237 g/mol. The molecule has 0 bridgehead atoms. The van der Waals surface area contributed by atoms with Crippen LogP contribution in [0.2, 0.25) is 0 Å². The minimum Gasteiger partial charge on any atom is -0.372 e. The Morgan fingerprint density at radius 2 is 2.18 bits per heavy atom. The Balaban J connectivity index is 2.21. The third kappa shape index (κ3) is 4.91. The predicted octanol–water partition coefficient (Wildman–Crippen LogP) is 0.905. The second-order valence-corrected chi connectivity index (χ2v) is 4.04. The molecular formula is C10H17F3N2O2. The number of hydrogen-bond donors (Lipinski definition) is 1. The highest BCUT2D eigenvalue weighted by atomic mass is 19.4. The second-order valence-electron chi connectivity index (χ2n) is 4.04. The lowest BCUT2D eigenvalue weighted by Crippen LogP contribution is -2.40. The van der Waals surface area contributed by atoms with Crippen molar-refractivity contribution in [3.8, 4) is 0 Å². The fraction of sp³-hybridized carbons (Fsp3) is 0.900. The van der Waals surface area contributed by atoms with Crippen LogP contribution in [0.4, 0.5) is 13.2 Å². The molecule has 0 saturated carbocycles. The number of amides is 1. The highest BCUT2D eigenvalue weighted by molar-refractivity contribution is 5.76. The molecule has 1 saturated heterocycles. The van der Waals surface area contributed by atoms with Crippen LogP contribution in [0.25, 0.3) is 0 Å². The number of carbonyl (C=O) groups excluding carboxylic acids is 1. The van der Waals surface area contributed by atoms with Gasteiger partial charge >= 0.3 is 6.18 Å². The van der Waals surface area contributed by atoms with Crippen molar-refractivity contribution in [3.05, 3.63) is 0 Å². The lowest BCUT2D eigenvalue weighted by atomic mass is 10.2. The van der Waals surface area contributed by atoms with Crippen molar-refractivity contribution in [2.45, 2.75) is 31.5 Å². The van der Waals surface area contributed by atoms with E-state index in [4.69, 9.17) is 5.73 Å². The fourth-order valence-corrected chi connectivity index (χ4v) is 1.90. The molecule has 2 N–H and O–H groups in total. The van der Waals surface area contributed by atoms with Crippen molar-refractivity contribution in [1.29, 1.82) is 0 Å². The summed E-state index contributed by atoms with van der Waals surface area (Å²) in [4.78, 5) is 13.3. The first kappa shape index (κ1) is 14.2. The molecule has 1 aliphatic heterocycles. The Morgan fingerprint density at radius 1 is 1.47 bits per heavy atom. The average molecular weight is 254 g/mol. The molecule has 0 aromatic carbocycles. The molecule has 1 aliphatic rings. The van der Waals surface area contributed by atoms with Gasteiger partial charge in [0.25, 0.3) is 0 Å². The molecule has 0 radical (unpaired) electrons. The third-order valence-corrected chi connectivity index (χ3v) is 2.70. The Bertz CT molecular complexity index is 258.